The number of nitrogens with zero attached hydrogens (tertiary/aromatic N) is 2. The third-order valence-electron chi connectivity index (χ3n) is 3.29. The molecule has 0 radical (unpaired) electrons. The lowest BCUT2D eigenvalue weighted by Gasteiger charge is -2.15. The number of methoxy groups -OCH3 is 1. The van der Waals surface area contributed by atoms with Gasteiger partial charge >= 0.3 is 0 Å². The standard InChI is InChI=1S/C15H14N2O2/c1-19-13-6-2-4-11(8-13)15(18)17-9-12-5-3-7-16-14(12)10-17/h2-8H,9-10H2,1H3. The van der Waals surface area contributed by atoms with Gasteiger partial charge in [0, 0.05) is 18.3 Å². The molecular formula is C15H14N2O2. The van der Waals surface area contributed by atoms with E-state index < -0.39 is 0 Å². The molecular weight excluding hydrogens is 240 g/mol. The first-order valence-corrected chi connectivity index (χ1v) is 6.14. The summed E-state index contributed by atoms with van der Waals surface area (Å²) in [7, 11) is 1.60. The number of rotatable bonds is 2. The van der Waals surface area contributed by atoms with Crippen molar-refractivity contribution in [3.05, 3.63) is 59.4 Å². The van der Waals surface area contributed by atoms with Crippen LogP contribution in [0.4, 0.5) is 0 Å². The van der Waals surface area contributed by atoms with Crippen LogP contribution in [0.5, 0.6) is 5.75 Å². The molecule has 0 N–H and O–H groups in total. The molecule has 19 heavy (non-hydrogen) atoms. The van der Waals surface area contributed by atoms with Crippen molar-refractivity contribution in [2.45, 2.75) is 13.1 Å². The Morgan fingerprint density at radius 3 is 2.95 bits per heavy atom. The highest BCUT2D eigenvalue weighted by atomic mass is 16.5. The van der Waals surface area contributed by atoms with E-state index in [1.54, 1.807) is 30.3 Å². The van der Waals surface area contributed by atoms with Gasteiger partial charge in [-0.15, -0.1) is 0 Å². The third-order valence-corrected chi connectivity index (χ3v) is 3.29. The van der Waals surface area contributed by atoms with Crippen LogP contribution in [-0.2, 0) is 13.1 Å². The molecule has 1 aliphatic rings. The number of aromatic nitrogens is 1. The van der Waals surface area contributed by atoms with Crippen LogP contribution in [0, 0.1) is 0 Å². The summed E-state index contributed by atoms with van der Waals surface area (Å²) < 4.78 is 5.15. The number of ether oxygens (including phenoxy) is 1. The fourth-order valence-corrected chi connectivity index (χ4v) is 2.28. The normalized spacial score (nSPS) is 13.2. The van der Waals surface area contributed by atoms with Crippen molar-refractivity contribution in [3.8, 4) is 5.75 Å². The second-order valence-electron chi connectivity index (χ2n) is 4.50. The maximum Gasteiger partial charge on any atom is 0.254 e. The Morgan fingerprint density at radius 1 is 1.26 bits per heavy atom. The van der Waals surface area contributed by atoms with Crippen molar-refractivity contribution >= 4 is 5.91 Å². The van der Waals surface area contributed by atoms with Crippen LogP contribution < -0.4 is 4.74 Å². The molecule has 4 nitrogen and oxygen atoms in total. The van der Waals surface area contributed by atoms with Gasteiger partial charge in [0.2, 0.25) is 0 Å². The summed E-state index contributed by atoms with van der Waals surface area (Å²) >= 11 is 0. The molecule has 0 unspecified atom stereocenters. The minimum atomic E-state index is 0.0110. The van der Waals surface area contributed by atoms with Gasteiger partial charge in [0.15, 0.2) is 0 Å². The highest BCUT2D eigenvalue weighted by molar-refractivity contribution is 5.94. The quantitative estimate of drug-likeness (QED) is 0.825. The lowest BCUT2D eigenvalue weighted by molar-refractivity contribution is 0.0750. The largest absolute Gasteiger partial charge is 0.497 e. The monoisotopic (exact) mass is 254 g/mol. The molecule has 0 fully saturated rings. The summed E-state index contributed by atoms with van der Waals surface area (Å²) in [6, 6.07) is 11.1. The Bertz CT molecular complexity index is 600. The Hall–Kier alpha value is -2.36. The molecule has 0 aliphatic carbocycles. The van der Waals surface area contributed by atoms with E-state index in [0.717, 1.165) is 11.3 Å². The van der Waals surface area contributed by atoms with Crippen LogP contribution in [-0.4, -0.2) is 22.9 Å². The summed E-state index contributed by atoms with van der Waals surface area (Å²) in [6.07, 6.45) is 1.76. The minimum absolute atomic E-state index is 0.0110. The molecule has 1 amide bonds. The fraction of sp³-hybridized carbons (Fsp3) is 0.200. The number of pyridine rings is 1. The van der Waals surface area contributed by atoms with Crippen molar-refractivity contribution in [2.24, 2.45) is 0 Å². The highest BCUT2D eigenvalue weighted by Gasteiger charge is 2.24. The maximum absolute atomic E-state index is 12.4. The SMILES string of the molecule is COc1cccc(C(=O)N2Cc3cccnc3C2)c1. The smallest absolute Gasteiger partial charge is 0.254 e. The zero-order valence-electron chi connectivity index (χ0n) is 10.7. The van der Waals surface area contributed by atoms with Crippen LogP contribution in [0.2, 0.25) is 0 Å². The number of amides is 1. The van der Waals surface area contributed by atoms with Gasteiger partial charge in [-0.05, 0) is 29.8 Å². The number of hydrogen-bond donors (Lipinski definition) is 0. The van der Waals surface area contributed by atoms with E-state index in [9.17, 15) is 4.79 Å². The Balaban J connectivity index is 1.83. The van der Waals surface area contributed by atoms with Crippen molar-refractivity contribution in [3.63, 3.8) is 0 Å². The molecule has 0 saturated carbocycles. The predicted molar refractivity (Wildman–Crippen MR) is 70.8 cm³/mol. The van der Waals surface area contributed by atoms with Crippen molar-refractivity contribution in [1.29, 1.82) is 0 Å². The molecule has 3 rings (SSSR count). The highest BCUT2D eigenvalue weighted by Crippen LogP contribution is 2.23. The summed E-state index contributed by atoms with van der Waals surface area (Å²) in [5, 5.41) is 0. The van der Waals surface area contributed by atoms with E-state index in [1.807, 2.05) is 24.3 Å². The molecule has 1 aliphatic heterocycles. The van der Waals surface area contributed by atoms with Crippen LogP contribution >= 0.6 is 0 Å². The predicted octanol–water partition coefficient (Wildman–Crippen LogP) is 2.25. The average Bonchev–Trinajstić information content (AvgIpc) is 2.90. The Morgan fingerprint density at radius 2 is 2.16 bits per heavy atom. The first-order valence-electron chi connectivity index (χ1n) is 6.14. The van der Waals surface area contributed by atoms with Gasteiger partial charge in [-0.25, -0.2) is 0 Å². The van der Waals surface area contributed by atoms with Crippen LogP contribution in [0.1, 0.15) is 21.6 Å². The maximum atomic E-state index is 12.4. The first-order chi connectivity index (χ1) is 9.28. The van der Waals surface area contributed by atoms with E-state index >= 15 is 0 Å². The summed E-state index contributed by atoms with van der Waals surface area (Å²) in [5.41, 5.74) is 2.75. The average molecular weight is 254 g/mol. The van der Waals surface area contributed by atoms with Crippen molar-refractivity contribution in [2.75, 3.05) is 7.11 Å². The van der Waals surface area contributed by atoms with E-state index in [2.05, 4.69) is 4.98 Å². The minimum Gasteiger partial charge on any atom is -0.497 e. The molecule has 4 heteroatoms. The first kappa shape index (κ1) is 11.7. The van der Waals surface area contributed by atoms with Gasteiger partial charge in [-0.3, -0.25) is 9.78 Å². The molecule has 96 valence electrons. The molecule has 0 spiro atoms. The van der Waals surface area contributed by atoms with Crippen LogP contribution in [0.15, 0.2) is 42.6 Å². The molecule has 1 aromatic carbocycles. The topological polar surface area (TPSA) is 42.4 Å². The Labute approximate surface area is 111 Å². The lowest BCUT2D eigenvalue weighted by atomic mass is 10.2. The molecule has 0 atom stereocenters. The Kier molecular flexibility index (Phi) is 2.91. The van der Waals surface area contributed by atoms with Crippen molar-refractivity contribution in [1.82, 2.24) is 9.88 Å². The van der Waals surface area contributed by atoms with E-state index in [1.165, 1.54) is 0 Å². The van der Waals surface area contributed by atoms with Crippen LogP contribution in [0.3, 0.4) is 0 Å². The van der Waals surface area contributed by atoms with Gasteiger partial charge in [-0.1, -0.05) is 12.1 Å². The number of carbonyl (C=O) groups is 1. The second-order valence-corrected chi connectivity index (χ2v) is 4.50. The van der Waals surface area contributed by atoms with Crippen LogP contribution in [0.25, 0.3) is 0 Å². The van der Waals surface area contributed by atoms with Gasteiger partial charge in [-0.2, -0.15) is 0 Å². The lowest BCUT2D eigenvalue weighted by Crippen LogP contribution is -2.25. The number of benzene rings is 1. The summed E-state index contributed by atoms with van der Waals surface area (Å²) in [5.74, 6) is 0.706. The van der Waals surface area contributed by atoms with E-state index in [0.29, 0.717) is 24.4 Å². The van der Waals surface area contributed by atoms with E-state index in [4.69, 9.17) is 4.74 Å². The van der Waals surface area contributed by atoms with Gasteiger partial charge < -0.3 is 9.64 Å². The van der Waals surface area contributed by atoms with E-state index in [-0.39, 0.29) is 5.91 Å². The second kappa shape index (κ2) is 4.72. The number of fused-ring (bicyclic) bond motifs is 1. The summed E-state index contributed by atoms with van der Waals surface area (Å²) in [4.78, 5) is 18.5. The van der Waals surface area contributed by atoms with Crippen molar-refractivity contribution < 1.29 is 9.53 Å². The zero-order valence-corrected chi connectivity index (χ0v) is 10.7. The molecule has 2 aromatic rings. The molecule has 0 saturated heterocycles. The molecule has 1 aromatic heterocycles. The zero-order chi connectivity index (χ0) is 13.2. The molecule has 0 bridgehead atoms. The van der Waals surface area contributed by atoms with Gasteiger partial charge in [0.25, 0.3) is 5.91 Å². The van der Waals surface area contributed by atoms with Gasteiger partial charge in [0.05, 0.1) is 19.3 Å². The molecule has 2 heterocycles. The number of carbonyl (C=O) groups excluding carboxylic acids is 1. The van der Waals surface area contributed by atoms with Gasteiger partial charge in [0.1, 0.15) is 5.75 Å². The number of hydrogen-bond acceptors (Lipinski definition) is 3. The third kappa shape index (κ3) is 2.17. The summed E-state index contributed by atoms with van der Waals surface area (Å²) in [6.45, 7) is 1.20. The fourth-order valence-electron chi connectivity index (χ4n) is 2.28.